The fourth-order valence-electron chi connectivity index (χ4n) is 3.02. The SMILES string of the molecule is CCCCCCCCCCOc1c(C)cc(C(C)(C)C)cc1C. The maximum absolute atomic E-state index is 6.08. The minimum absolute atomic E-state index is 0.200. The average molecular weight is 319 g/mol. The molecule has 0 aliphatic carbocycles. The molecule has 1 rings (SSSR count). The van der Waals surface area contributed by atoms with Crippen LogP contribution in [0.3, 0.4) is 0 Å². The third-order valence-electron chi connectivity index (χ3n) is 4.57. The van der Waals surface area contributed by atoms with Crippen molar-refractivity contribution >= 4 is 0 Å². The van der Waals surface area contributed by atoms with Crippen LogP contribution in [-0.4, -0.2) is 6.61 Å². The van der Waals surface area contributed by atoms with Crippen molar-refractivity contribution in [2.24, 2.45) is 0 Å². The molecule has 1 aromatic carbocycles. The molecule has 0 bridgehead atoms. The van der Waals surface area contributed by atoms with E-state index in [-0.39, 0.29) is 5.41 Å². The lowest BCUT2D eigenvalue weighted by atomic mass is 9.85. The first-order chi connectivity index (χ1) is 10.9. The van der Waals surface area contributed by atoms with E-state index in [1.165, 1.54) is 68.1 Å². The number of rotatable bonds is 10. The number of aryl methyl sites for hydroxylation is 2. The topological polar surface area (TPSA) is 9.23 Å². The van der Waals surface area contributed by atoms with E-state index in [1.54, 1.807) is 0 Å². The van der Waals surface area contributed by atoms with Gasteiger partial charge in [0.2, 0.25) is 0 Å². The summed E-state index contributed by atoms with van der Waals surface area (Å²) in [6.45, 7) is 14.3. The average Bonchev–Trinajstić information content (AvgIpc) is 2.46. The summed E-state index contributed by atoms with van der Waals surface area (Å²) in [4.78, 5) is 0. The van der Waals surface area contributed by atoms with E-state index in [1.807, 2.05) is 0 Å². The zero-order valence-corrected chi connectivity index (χ0v) is 16.4. The molecule has 0 amide bonds. The lowest BCUT2D eigenvalue weighted by Crippen LogP contribution is -2.12. The zero-order valence-electron chi connectivity index (χ0n) is 16.4. The summed E-state index contributed by atoms with van der Waals surface area (Å²) in [5.74, 6) is 1.10. The van der Waals surface area contributed by atoms with Crippen molar-refractivity contribution in [3.8, 4) is 5.75 Å². The first-order valence-electron chi connectivity index (χ1n) is 9.60. The molecule has 0 aliphatic rings. The van der Waals surface area contributed by atoms with Gasteiger partial charge in [0.15, 0.2) is 0 Å². The number of hydrogen-bond acceptors (Lipinski definition) is 1. The summed E-state index contributed by atoms with van der Waals surface area (Å²) >= 11 is 0. The molecule has 0 heterocycles. The van der Waals surface area contributed by atoms with Gasteiger partial charge >= 0.3 is 0 Å². The first-order valence-corrected chi connectivity index (χ1v) is 9.60. The Kier molecular flexibility index (Phi) is 8.73. The summed E-state index contributed by atoms with van der Waals surface area (Å²) in [5, 5.41) is 0. The Bertz CT molecular complexity index is 431. The van der Waals surface area contributed by atoms with Crippen molar-refractivity contribution in [3.05, 3.63) is 28.8 Å². The third-order valence-corrected chi connectivity index (χ3v) is 4.57. The Morgan fingerprint density at radius 1 is 0.783 bits per heavy atom. The van der Waals surface area contributed by atoms with E-state index in [4.69, 9.17) is 4.74 Å². The van der Waals surface area contributed by atoms with Gasteiger partial charge in [-0.3, -0.25) is 0 Å². The van der Waals surface area contributed by atoms with Crippen LogP contribution in [0.5, 0.6) is 5.75 Å². The van der Waals surface area contributed by atoms with Gasteiger partial charge in [-0.05, 0) is 42.4 Å². The van der Waals surface area contributed by atoms with Crippen LogP contribution in [0.2, 0.25) is 0 Å². The fraction of sp³-hybridized carbons (Fsp3) is 0.727. The summed E-state index contributed by atoms with van der Waals surface area (Å²) in [6.07, 6.45) is 10.8. The number of hydrogen-bond donors (Lipinski definition) is 0. The van der Waals surface area contributed by atoms with Gasteiger partial charge in [-0.25, -0.2) is 0 Å². The van der Waals surface area contributed by atoms with Crippen LogP contribution in [0, 0.1) is 13.8 Å². The summed E-state index contributed by atoms with van der Waals surface area (Å²) in [6, 6.07) is 4.58. The molecule has 0 radical (unpaired) electrons. The minimum atomic E-state index is 0.200. The zero-order chi connectivity index (χ0) is 17.3. The summed E-state index contributed by atoms with van der Waals surface area (Å²) in [5.41, 5.74) is 4.14. The highest BCUT2D eigenvalue weighted by Crippen LogP contribution is 2.31. The highest BCUT2D eigenvalue weighted by atomic mass is 16.5. The molecule has 0 fully saturated rings. The van der Waals surface area contributed by atoms with Gasteiger partial charge in [0.1, 0.15) is 5.75 Å². The van der Waals surface area contributed by atoms with Crippen LogP contribution in [-0.2, 0) is 5.41 Å². The second kappa shape index (κ2) is 10.0. The van der Waals surface area contributed by atoms with Crippen LogP contribution in [0.25, 0.3) is 0 Å². The maximum atomic E-state index is 6.08. The molecule has 0 saturated carbocycles. The van der Waals surface area contributed by atoms with Gasteiger partial charge < -0.3 is 4.74 Å². The van der Waals surface area contributed by atoms with Crippen LogP contribution >= 0.6 is 0 Å². The Labute approximate surface area is 144 Å². The molecular formula is C22H38O. The van der Waals surface area contributed by atoms with E-state index in [0.29, 0.717) is 0 Å². The molecule has 23 heavy (non-hydrogen) atoms. The third kappa shape index (κ3) is 7.42. The van der Waals surface area contributed by atoms with Crippen molar-refractivity contribution in [1.82, 2.24) is 0 Å². The van der Waals surface area contributed by atoms with Crippen molar-refractivity contribution in [2.45, 2.75) is 98.3 Å². The lowest BCUT2D eigenvalue weighted by Gasteiger charge is -2.22. The smallest absolute Gasteiger partial charge is 0.125 e. The van der Waals surface area contributed by atoms with E-state index >= 15 is 0 Å². The molecular weight excluding hydrogens is 280 g/mol. The molecule has 0 unspecified atom stereocenters. The monoisotopic (exact) mass is 318 g/mol. The fourth-order valence-corrected chi connectivity index (χ4v) is 3.02. The van der Waals surface area contributed by atoms with Gasteiger partial charge in [0, 0.05) is 0 Å². The second-order valence-corrected chi connectivity index (χ2v) is 8.01. The Balaban J connectivity index is 2.33. The predicted molar refractivity (Wildman–Crippen MR) is 103 cm³/mol. The largest absolute Gasteiger partial charge is 0.493 e. The normalized spacial score (nSPS) is 11.7. The molecule has 132 valence electrons. The molecule has 1 nitrogen and oxygen atoms in total. The van der Waals surface area contributed by atoms with Gasteiger partial charge in [0.05, 0.1) is 6.61 Å². The first kappa shape index (κ1) is 20.1. The van der Waals surface area contributed by atoms with Crippen LogP contribution in [0.1, 0.15) is 95.8 Å². The van der Waals surface area contributed by atoms with E-state index in [9.17, 15) is 0 Å². The number of benzene rings is 1. The van der Waals surface area contributed by atoms with E-state index in [0.717, 1.165) is 12.4 Å². The standard InChI is InChI=1S/C22H38O/c1-7-8-9-10-11-12-13-14-15-23-21-18(2)16-20(17-19(21)3)22(4,5)6/h16-17H,7-15H2,1-6H3. The van der Waals surface area contributed by atoms with Gasteiger partial charge in [-0.2, -0.15) is 0 Å². The Morgan fingerprint density at radius 3 is 1.74 bits per heavy atom. The summed E-state index contributed by atoms with van der Waals surface area (Å²) in [7, 11) is 0. The van der Waals surface area contributed by atoms with Crippen LogP contribution in [0.15, 0.2) is 12.1 Å². The van der Waals surface area contributed by atoms with Gasteiger partial charge in [-0.15, -0.1) is 0 Å². The van der Waals surface area contributed by atoms with E-state index < -0.39 is 0 Å². The number of ether oxygens (including phenoxy) is 1. The lowest BCUT2D eigenvalue weighted by molar-refractivity contribution is 0.300. The van der Waals surface area contributed by atoms with E-state index in [2.05, 4.69) is 53.7 Å². The van der Waals surface area contributed by atoms with Gasteiger partial charge in [0.25, 0.3) is 0 Å². The van der Waals surface area contributed by atoms with Gasteiger partial charge in [-0.1, -0.05) is 84.8 Å². The van der Waals surface area contributed by atoms with Crippen molar-refractivity contribution in [3.63, 3.8) is 0 Å². The summed E-state index contributed by atoms with van der Waals surface area (Å²) < 4.78 is 6.08. The Hall–Kier alpha value is -0.980. The molecule has 0 spiro atoms. The van der Waals surface area contributed by atoms with Crippen molar-refractivity contribution in [2.75, 3.05) is 6.61 Å². The molecule has 1 aromatic rings. The molecule has 0 aromatic heterocycles. The molecule has 0 saturated heterocycles. The molecule has 0 N–H and O–H groups in total. The molecule has 0 aliphatic heterocycles. The van der Waals surface area contributed by atoms with Crippen LogP contribution < -0.4 is 4.74 Å². The van der Waals surface area contributed by atoms with Crippen LogP contribution in [0.4, 0.5) is 0 Å². The quantitative estimate of drug-likeness (QED) is 0.417. The van der Waals surface area contributed by atoms with Crippen molar-refractivity contribution < 1.29 is 4.74 Å². The molecule has 1 heteroatoms. The highest BCUT2D eigenvalue weighted by molar-refractivity contribution is 5.45. The number of unbranched alkanes of at least 4 members (excludes halogenated alkanes) is 7. The Morgan fingerprint density at radius 2 is 1.26 bits per heavy atom. The maximum Gasteiger partial charge on any atom is 0.125 e. The highest BCUT2D eigenvalue weighted by Gasteiger charge is 2.16. The second-order valence-electron chi connectivity index (χ2n) is 8.01. The molecule has 0 atom stereocenters. The predicted octanol–water partition coefficient (Wildman–Crippen LogP) is 7.12. The van der Waals surface area contributed by atoms with Crippen molar-refractivity contribution in [1.29, 1.82) is 0 Å². The minimum Gasteiger partial charge on any atom is -0.493 e.